The molecule has 1 amide bonds. The molecule has 0 atom stereocenters. The number of fused-ring (bicyclic) bond motifs is 1. The predicted octanol–water partition coefficient (Wildman–Crippen LogP) is 2.69. The molecule has 3 rings (SSSR count). The van der Waals surface area contributed by atoms with E-state index < -0.39 is 11.7 Å². The van der Waals surface area contributed by atoms with Gasteiger partial charge in [0.2, 0.25) is 0 Å². The third kappa shape index (κ3) is 3.04. The molecule has 0 unspecified atom stereocenters. The van der Waals surface area contributed by atoms with Gasteiger partial charge in [0.15, 0.2) is 0 Å². The Kier molecular flexibility index (Phi) is 4.28. The topological polar surface area (TPSA) is 55.8 Å². The molecule has 23 heavy (non-hydrogen) atoms. The summed E-state index contributed by atoms with van der Waals surface area (Å²) < 4.78 is 10.7. The Morgan fingerprint density at radius 2 is 1.65 bits per heavy atom. The minimum Gasteiger partial charge on any atom is -0.497 e. The third-order valence-electron chi connectivity index (χ3n) is 3.73. The maximum absolute atomic E-state index is 12.0. The number of hydrogen-bond donors (Lipinski definition) is 0. The Bertz CT molecular complexity index is 724. The van der Waals surface area contributed by atoms with Gasteiger partial charge in [-0.15, -0.1) is 0 Å². The lowest BCUT2D eigenvalue weighted by atomic mass is 10.1. The highest BCUT2D eigenvalue weighted by atomic mass is 16.5. The highest BCUT2D eigenvalue weighted by Crippen LogP contribution is 2.28. The van der Waals surface area contributed by atoms with Gasteiger partial charge in [-0.25, -0.2) is 0 Å². The molecule has 1 aliphatic rings. The van der Waals surface area contributed by atoms with Crippen molar-refractivity contribution in [3.63, 3.8) is 0 Å². The summed E-state index contributed by atoms with van der Waals surface area (Å²) in [5, 5.41) is 0. The van der Waals surface area contributed by atoms with E-state index in [1.807, 2.05) is 30.3 Å². The molecule has 0 radical (unpaired) electrons. The van der Waals surface area contributed by atoms with Crippen LogP contribution < -0.4 is 14.4 Å². The monoisotopic (exact) mass is 311 g/mol. The maximum Gasteiger partial charge on any atom is 0.299 e. The number of para-hydroxylation sites is 1. The van der Waals surface area contributed by atoms with Crippen molar-refractivity contribution >= 4 is 17.4 Å². The van der Waals surface area contributed by atoms with Gasteiger partial charge in [-0.1, -0.05) is 12.1 Å². The van der Waals surface area contributed by atoms with Gasteiger partial charge in [0.1, 0.15) is 11.5 Å². The van der Waals surface area contributed by atoms with Crippen LogP contribution in [-0.4, -0.2) is 32.0 Å². The van der Waals surface area contributed by atoms with Gasteiger partial charge in [0.05, 0.1) is 25.0 Å². The lowest BCUT2D eigenvalue weighted by Gasteiger charge is -2.16. The molecule has 1 aliphatic heterocycles. The van der Waals surface area contributed by atoms with Gasteiger partial charge in [-0.2, -0.15) is 0 Å². The molecule has 0 aromatic heterocycles. The molecule has 2 aromatic rings. The Labute approximate surface area is 134 Å². The van der Waals surface area contributed by atoms with E-state index in [1.165, 1.54) is 4.90 Å². The zero-order chi connectivity index (χ0) is 16.2. The van der Waals surface area contributed by atoms with Crippen LogP contribution in [0.2, 0.25) is 0 Å². The molecular formula is C18H17NO4. The quantitative estimate of drug-likeness (QED) is 0.608. The highest BCUT2D eigenvalue weighted by molar-refractivity contribution is 6.52. The minimum absolute atomic E-state index is 0.434. The normalized spacial score (nSPS) is 13.2. The number of benzene rings is 2. The number of methoxy groups -OCH3 is 1. The number of rotatable bonds is 6. The Morgan fingerprint density at radius 3 is 2.39 bits per heavy atom. The van der Waals surface area contributed by atoms with Crippen LogP contribution in [0, 0.1) is 0 Å². The first-order chi connectivity index (χ1) is 11.2. The van der Waals surface area contributed by atoms with E-state index in [2.05, 4.69) is 0 Å². The summed E-state index contributed by atoms with van der Waals surface area (Å²) in [6.07, 6.45) is 0.638. The van der Waals surface area contributed by atoms with E-state index in [1.54, 1.807) is 25.3 Å². The number of ketones is 1. The summed E-state index contributed by atoms with van der Waals surface area (Å²) in [4.78, 5) is 25.4. The standard InChI is InChI=1S/C18H17NO4/c1-22-13-7-9-14(10-8-13)23-12-4-11-19-16-6-3-2-5-15(16)17(20)18(19)21/h2-3,5-10H,4,11-12H2,1H3. The average Bonchev–Trinajstić information content (AvgIpc) is 2.84. The maximum atomic E-state index is 12.0. The van der Waals surface area contributed by atoms with Crippen LogP contribution in [0.5, 0.6) is 11.5 Å². The van der Waals surface area contributed by atoms with Crippen molar-refractivity contribution in [1.82, 2.24) is 0 Å². The van der Waals surface area contributed by atoms with Crippen molar-refractivity contribution in [2.24, 2.45) is 0 Å². The summed E-state index contributed by atoms with van der Waals surface area (Å²) in [5.74, 6) is 0.623. The minimum atomic E-state index is -0.462. The zero-order valence-corrected chi connectivity index (χ0v) is 12.8. The molecule has 118 valence electrons. The Balaban J connectivity index is 1.54. The number of Topliss-reactive ketones (excluding diaryl/α,β-unsaturated/α-hetero) is 1. The summed E-state index contributed by atoms with van der Waals surface area (Å²) in [6.45, 7) is 0.921. The van der Waals surface area contributed by atoms with Crippen LogP contribution in [0.1, 0.15) is 16.8 Å². The largest absolute Gasteiger partial charge is 0.497 e. The third-order valence-corrected chi connectivity index (χ3v) is 3.73. The van der Waals surface area contributed by atoms with Crippen LogP contribution >= 0.6 is 0 Å². The number of amides is 1. The zero-order valence-electron chi connectivity index (χ0n) is 12.8. The summed E-state index contributed by atoms with van der Waals surface area (Å²) in [7, 11) is 1.61. The van der Waals surface area contributed by atoms with Crippen LogP contribution in [0.15, 0.2) is 48.5 Å². The molecule has 0 saturated heterocycles. The van der Waals surface area contributed by atoms with Gasteiger partial charge >= 0.3 is 0 Å². The summed E-state index contributed by atoms with van der Waals surface area (Å²) >= 11 is 0. The van der Waals surface area contributed by atoms with E-state index in [4.69, 9.17) is 9.47 Å². The predicted molar refractivity (Wildman–Crippen MR) is 86.2 cm³/mol. The SMILES string of the molecule is COc1ccc(OCCCN2C(=O)C(=O)c3ccccc32)cc1. The molecule has 0 aliphatic carbocycles. The number of anilines is 1. The van der Waals surface area contributed by atoms with Crippen molar-refractivity contribution in [3.8, 4) is 11.5 Å². The summed E-state index contributed by atoms with van der Waals surface area (Å²) in [6, 6.07) is 14.4. The van der Waals surface area contributed by atoms with E-state index in [0.29, 0.717) is 30.8 Å². The average molecular weight is 311 g/mol. The second-order valence-corrected chi connectivity index (χ2v) is 5.18. The van der Waals surface area contributed by atoms with Gasteiger partial charge < -0.3 is 14.4 Å². The molecule has 5 nitrogen and oxygen atoms in total. The van der Waals surface area contributed by atoms with Crippen molar-refractivity contribution in [3.05, 3.63) is 54.1 Å². The first-order valence-electron chi connectivity index (χ1n) is 7.43. The number of carbonyl (C=O) groups is 2. The molecule has 0 N–H and O–H groups in total. The first kappa shape index (κ1) is 15.1. The number of ether oxygens (including phenoxy) is 2. The van der Waals surface area contributed by atoms with Crippen molar-refractivity contribution < 1.29 is 19.1 Å². The summed E-state index contributed by atoms with van der Waals surface area (Å²) in [5.41, 5.74) is 1.17. The number of hydrogen-bond acceptors (Lipinski definition) is 4. The number of carbonyl (C=O) groups excluding carboxylic acids is 2. The molecule has 0 saturated carbocycles. The Hall–Kier alpha value is -2.82. The second-order valence-electron chi connectivity index (χ2n) is 5.18. The van der Waals surface area contributed by atoms with Gasteiger partial charge in [0, 0.05) is 6.54 Å². The lowest BCUT2D eigenvalue weighted by molar-refractivity contribution is -0.114. The smallest absolute Gasteiger partial charge is 0.299 e. The van der Waals surface area contributed by atoms with E-state index >= 15 is 0 Å². The molecule has 5 heteroatoms. The molecular weight excluding hydrogens is 294 g/mol. The van der Waals surface area contributed by atoms with Crippen molar-refractivity contribution in [2.75, 3.05) is 25.2 Å². The first-order valence-corrected chi connectivity index (χ1v) is 7.43. The van der Waals surface area contributed by atoms with E-state index in [9.17, 15) is 9.59 Å². The number of nitrogens with zero attached hydrogens (tertiary/aromatic N) is 1. The van der Waals surface area contributed by atoms with Gasteiger partial charge in [0.25, 0.3) is 11.7 Å². The lowest BCUT2D eigenvalue weighted by Crippen LogP contribution is -2.31. The van der Waals surface area contributed by atoms with Crippen LogP contribution in [-0.2, 0) is 4.79 Å². The second kappa shape index (κ2) is 6.52. The molecule has 0 spiro atoms. The van der Waals surface area contributed by atoms with Crippen LogP contribution in [0.25, 0.3) is 0 Å². The molecule has 0 bridgehead atoms. The highest BCUT2D eigenvalue weighted by Gasteiger charge is 2.34. The fraction of sp³-hybridized carbons (Fsp3) is 0.222. The molecule has 1 heterocycles. The van der Waals surface area contributed by atoms with E-state index in [-0.39, 0.29) is 0 Å². The van der Waals surface area contributed by atoms with Crippen molar-refractivity contribution in [2.45, 2.75) is 6.42 Å². The Morgan fingerprint density at radius 1 is 0.957 bits per heavy atom. The fourth-order valence-electron chi connectivity index (χ4n) is 2.55. The van der Waals surface area contributed by atoms with E-state index in [0.717, 1.165) is 11.5 Å². The van der Waals surface area contributed by atoms with Crippen molar-refractivity contribution in [1.29, 1.82) is 0 Å². The van der Waals surface area contributed by atoms with Crippen LogP contribution in [0.3, 0.4) is 0 Å². The molecule has 2 aromatic carbocycles. The van der Waals surface area contributed by atoms with Gasteiger partial charge in [-0.05, 0) is 42.8 Å². The van der Waals surface area contributed by atoms with Crippen LogP contribution in [0.4, 0.5) is 5.69 Å². The molecule has 0 fully saturated rings. The fourth-order valence-corrected chi connectivity index (χ4v) is 2.55. The van der Waals surface area contributed by atoms with Gasteiger partial charge in [-0.3, -0.25) is 9.59 Å².